The van der Waals surface area contributed by atoms with Gasteiger partial charge < -0.3 is 5.32 Å². The molecular formula is C13H12F2N2. The topological polar surface area (TPSA) is 24.9 Å². The van der Waals surface area contributed by atoms with Crippen LogP contribution in [0.5, 0.6) is 0 Å². The molecule has 1 aromatic heterocycles. The molecule has 1 N–H and O–H groups in total. The van der Waals surface area contributed by atoms with Gasteiger partial charge in [0.15, 0.2) is 0 Å². The number of nitrogens with one attached hydrogen (secondary N) is 1. The van der Waals surface area contributed by atoms with Gasteiger partial charge in [-0.3, -0.25) is 0 Å². The van der Waals surface area contributed by atoms with E-state index in [1.807, 2.05) is 0 Å². The number of rotatable bonds is 3. The molecule has 0 saturated carbocycles. The molecule has 0 unspecified atom stereocenters. The van der Waals surface area contributed by atoms with E-state index in [4.69, 9.17) is 0 Å². The largest absolute Gasteiger partial charge is 0.380 e. The van der Waals surface area contributed by atoms with Crippen molar-refractivity contribution in [2.24, 2.45) is 0 Å². The molecular weight excluding hydrogens is 222 g/mol. The van der Waals surface area contributed by atoms with Gasteiger partial charge in [-0.1, -0.05) is 12.1 Å². The number of anilines is 1. The Labute approximate surface area is 98.3 Å². The zero-order valence-corrected chi connectivity index (χ0v) is 9.37. The molecule has 2 rings (SSSR count). The van der Waals surface area contributed by atoms with Gasteiger partial charge in [0.2, 0.25) is 5.95 Å². The van der Waals surface area contributed by atoms with Crippen molar-refractivity contribution in [3.8, 4) is 0 Å². The number of hydrogen-bond donors (Lipinski definition) is 1. The summed E-state index contributed by atoms with van der Waals surface area (Å²) in [5.41, 5.74) is 2.31. The van der Waals surface area contributed by atoms with E-state index in [1.54, 1.807) is 25.1 Å². The van der Waals surface area contributed by atoms with E-state index >= 15 is 0 Å². The third kappa shape index (κ3) is 3.00. The Balaban J connectivity index is 2.02. The average Bonchev–Trinajstić information content (AvgIpc) is 2.33. The van der Waals surface area contributed by atoms with Gasteiger partial charge in [0.05, 0.1) is 11.9 Å². The van der Waals surface area contributed by atoms with Crippen LogP contribution in [0.3, 0.4) is 0 Å². The summed E-state index contributed by atoms with van der Waals surface area (Å²) in [6, 6.07) is 7.83. The van der Waals surface area contributed by atoms with Crippen molar-refractivity contribution >= 4 is 5.69 Å². The van der Waals surface area contributed by atoms with Gasteiger partial charge in [-0.25, -0.2) is 9.37 Å². The van der Waals surface area contributed by atoms with Crippen molar-refractivity contribution in [2.45, 2.75) is 13.5 Å². The molecule has 0 aliphatic rings. The molecule has 0 fully saturated rings. The fourth-order valence-electron chi connectivity index (χ4n) is 1.50. The molecule has 0 radical (unpaired) electrons. The maximum Gasteiger partial charge on any atom is 0.212 e. The molecule has 2 aromatic rings. The van der Waals surface area contributed by atoms with E-state index in [-0.39, 0.29) is 5.82 Å². The molecule has 1 heterocycles. The molecule has 0 spiro atoms. The standard InChI is InChI=1S/C13H12F2N2/c1-9-6-10(2-4-12(9)14)7-16-11-3-5-13(15)17-8-11/h2-6,8,16H,7H2,1H3. The van der Waals surface area contributed by atoms with Crippen molar-refractivity contribution in [2.75, 3.05) is 5.32 Å². The second kappa shape index (κ2) is 4.91. The minimum absolute atomic E-state index is 0.211. The smallest absolute Gasteiger partial charge is 0.212 e. The van der Waals surface area contributed by atoms with Crippen LogP contribution in [0, 0.1) is 18.7 Å². The summed E-state index contributed by atoms with van der Waals surface area (Å²) in [6.45, 7) is 2.27. The minimum atomic E-state index is -0.506. The van der Waals surface area contributed by atoms with Gasteiger partial charge in [-0.05, 0) is 36.2 Å². The summed E-state index contributed by atoms with van der Waals surface area (Å²) in [5.74, 6) is -0.717. The van der Waals surface area contributed by atoms with Gasteiger partial charge >= 0.3 is 0 Å². The monoisotopic (exact) mass is 234 g/mol. The van der Waals surface area contributed by atoms with E-state index in [0.717, 1.165) is 11.3 Å². The first kappa shape index (κ1) is 11.5. The first-order chi connectivity index (χ1) is 8.15. The Morgan fingerprint density at radius 3 is 2.65 bits per heavy atom. The number of hydrogen-bond acceptors (Lipinski definition) is 2. The summed E-state index contributed by atoms with van der Waals surface area (Å²) in [6.07, 6.45) is 1.42. The second-order valence-corrected chi connectivity index (χ2v) is 3.81. The number of aromatic nitrogens is 1. The highest BCUT2D eigenvalue weighted by atomic mass is 19.1. The Morgan fingerprint density at radius 1 is 1.18 bits per heavy atom. The quantitative estimate of drug-likeness (QED) is 0.824. The zero-order valence-electron chi connectivity index (χ0n) is 9.37. The minimum Gasteiger partial charge on any atom is -0.380 e. The van der Waals surface area contributed by atoms with Crippen LogP contribution in [0.25, 0.3) is 0 Å². The van der Waals surface area contributed by atoms with Crippen molar-refractivity contribution < 1.29 is 8.78 Å². The summed E-state index contributed by atoms with van der Waals surface area (Å²) in [7, 11) is 0. The maximum absolute atomic E-state index is 13.0. The molecule has 0 saturated heterocycles. The summed E-state index contributed by atoms with van der Waals surface area (Å²) in [4.78, 5) is 3.53. The van der Waals surface area contributed by atoms with Gasteiger partial charge in [-0.15, -0.1) is 0 Å². The molecule has 1 aromatic carbocycles. The molecule has 0 bridgehead atoms. The third-order valence-electron chi connectivity index (χ3n) is 2.45. The van der Waals surface area contributed by atoms with Crippen LogP contribution in [0.15, 0.2) is 36.5 Å². The van der Waals surface area contributed by atoms with Crippen LogP contribution < -0.4 is 5.32 Å². The Hall–Kier alpha value is -1.97. The third-order valence-corrected chi connectivity index (χ3v) is 2.45. The van der Waals surface area contributed by atoms with Gasteiger partial charge in [-0.2, -0.15) is 4.39 Å². The number of benzene rings is 1. The maximum atomic E-state index is 13.0. The fraction of sp³-hybridized carbons (Fsp3) is 0.154. The second-order valence-electron chi connectivity index (χ2n) is 3.81. The highest BCUT2D eigenvalue weighted by Gasteiger charge is 1.99. The van der Waals surface area contributed by atoms with E-state index in [1.165, 1.54) is 18.3 Å². The lowest BCUT2D eigenvalue weighted by Gasteiger charge is -2.07. The SMILES string of the molecule is Cc1cc(CNc2ccc(F)nc2)ccc1F. The molecule has 0 aliphatic heterocycles. The molecule has 0 amide bonds. The predicted octanol–water partition coefficient (Wildman–Crippen LogP) is 3.28. The normalized spacial score (nSPS) is 10.3. The molecule has 2 nitrogen and oxygen atoms in total. The van der Waals surface area contributed by atoms with Crippen molar-refractivity contribution in [1.29, 1.82) is 0 Å². The summed E-state index contributed by atoms with van der Waals surface area (Å²) in [5, 5.41) is 3.08. The number of halogens is 2. The van der Waals surface area contributed by atoms with Crippen LogP contribution in [0.4, 0.5) is 14.5 Å². The number of nitrogens with zero attached hydrogens (tertiary/aromatic N) is 1. The molecule has 0 atom stereocenters. The van der Waals surface area contributed by atoms with Gasteiger partial charge in [0.1, 0.15) is 5.82 Å². The van der Waals surface area contributed by atoms with Crippen LogP contribution in [-0.4, -0.2) is 4.98 Å². The Bertz CT molecular complexity index is 509. The highest BCUT2D eigenvalue weighted by Crippen LogP contribution is 2.12. The van der Waals surface area contributed by atoms with Crippen LogP contribution in [0.1, 0.15) is 11.1 Å². The Kier molecular flexibility index (Phi) is 3.32. The van der Waals surface area contributed by atoms with Crippen molar-refractivity contribution in [1.82, 2.24) is 4.98 Å². The average molecular weight is 234 g/mol. The van der Waals surface area contributed by atoms with E-state index in [9.17, 15) is 8.78 Å². The number of aryl methyl sites for hydroxylation is 1. The lowest BCUT2D eigenvalue weighted by Crippen LogP contribution is -2.00. The van der Waals surface area contributed by atoms with Crippen LogP contribution in [-0.2, 0) is 6.54 Å². The van der Waals surface area contributed by atoms with E-state index in [0.29, 0.717) is 12.1 Å². The van der Waals surface area contributed by atoms with Crippen molar-refractivity contribution in [3.63, 3.8) is 0 Å². The van der Waals surface area contributed by atoms with E-state index < -0.39 is 5.95 Å². The van der Waals surface area contributed by atoms with Gasteiger partial charge in [0, 0.05) is 6.54 Å². The van der Waals surface area contributed by atoms with Gasteiger partial charge in [0.25, 0.3) is 0 Å². The van der Waals surface area contributed by atoms with Crippen molar-refractivity contribution in [3.05, 3.63) is 59.4 Å². The molecule has 4 heteroatoms. The molecule has 0 aliphatic carbocycles. The molecule has 88 valence electrons. The predicted molar refractivity (Wildman–Crippen MR) is 62.7 cm³/mol. The van der Waals surface area contributed by atoms with Crippen LogP contribution >= 0.6 is 0 Å². The highest BCUT2D eigenvalue weighted by molar-refractivity contribution is 5.41. The van der Waals surface area contributed by atoms with Crippen LogP contribution in [0.2, 0.25) is 0 Å². The van der Waals surface area contributed by atoms with E-state index in [2.05, 4.69) is 10.3 Å². The first-order valence-corrected chi connectivity index (χ1v) is 5.25. The fourth-order valence-corrected chi connectivity index (χ4v) is 1.50. The summed E-state index contributed by atoms with van der Waals surface area (Å²) >= 11 is 0. The molecule has 17 heavy (non-hydrogen) atoms. The summed E-state index contributed by atoms with van der Waals surface area (Å²) < 4.78 is 25.6. The lowest BCUT2D eigenvalue weighted by atomic mass is 10.1. The number of pyridine rings is 1. The first-order valence-electron chi connectivity index (χ1n) is 5.25. The Morgan fingerprint density at radius 2 is 2.00 bits per heavy atom. The zero-order chi connectivity index (χ0) is 12.3. The lowest BCUT2D eigenvalue weighted by molar-refractivity contribution is 0.584.